The number of nitrogens with one attached hydrogen (secondary N) is 1. The SMILES string of the molecule is C=CC(NCC)C1CCCC(CC)C1. The summed E-state index contributed by atoms with van der Waals surface area (Å²) in [6, 6.07) is 0.550. The van der Waals surface area contributed by atoms with Crippen LogP contribution in [-0.2, 0) is 0 Å². The summed E-state index contributed by atoms with van der Waals surface area (Å²) in [5.41, 5.74) is 0. The standard InChI is InChI=1S/C13H25N/c1-4-11-8-7-9-12(10-11)13(5-2)14-6-3/h5,11-14H,2,4,6-10H2,1,3H3. The first-order valence-electron chi connectivity index (χ1n) is 6.17. The summed E-state index contributed by atoms with van der Waals surface area (Å²) in [5, 5.41) is 3.53. The zero-order valence-corrected chi connectivity index (χ0v) is 9.76. The topological polar surface area (TPSA) is 12.0 Å². The largest absolute Gasteiger partial charge is 0.311 e. The van der Waals surface area contributed by atoms with Crippen LogP contribution in [0.15, 0.2) is 12.7 Å². The molecule has 1 nitrogen and oxygen atoms in total. The van der Waals surface area contributed by atoms with Gasteiger partial charge >= 0.3 is 0 Å². The Morgan fingerprint density at radius 3 is 2.79 bits per heavy atom. The molecule has 1 aliphatic carbocycles. The van der Waals surface area contributed by atoms with Crippen LogP contribution in [0.4, 0.5) is 0 Å². The summed E-state index contributed by atoms with van der Waals surface area (Å²) in [7, 11) is 0. The summed E-state index contributed by atoms with van der Waals surface area (Å²) in [6.07, 6.45) is 9.11. The zero-order chi connectivity index (χ0) is 10.4. The molecular formula is C13H25N. The maximum absolute atomic E-state index is 3.94. The molecule has 82 valence electrons. The Hall–Kier alpha value is -0.300. The van der Waals surface area contributed by atoms with Crippen LogP contribution in [0.3, 0.4) is 0 Å². The van der Waals surface area contributed by atoms with E-state index in [1.807, 2.05) is 0 Å². The lowest BCUT2D eigenvalue weighted by atomic mass is 9.77. The van der Waals surface area contributed by atoms with Crippen molar-refractivity contribution in [1.29, 1.82) is 0 Å². The first kappa shape index (κ1) is 11.8. The number of hydrogen-bond donors (Lipinski definition) is 1. The lowest BCUT2D eigenvalue weighted by molar-refractivity contribution is 0.230. The van der Waals surface area contributed by atoms with Gasteiger partial charge in [0.1, 0.15) is 0 Å². The quantitative estimate of drug-likeness (QED) is 0.663. The molecule has 0 spiro atoms. The van der Waals surface area contributed by atoms with Crippen molar-refractivity contribution >= 4 is 0 Å². The molecule has 0 heterocycles. The number of rotatable bonds is 5. The highest BCUT2D eigenvalue weighted by atomic mass is 14.9. The van der Waals surface area contributed by atoms with E-state index in [-0.39, 0.29) is 0 Å². The third-order valence-electron chi connectivity index (χ3n) is 3.60. The molecule has 3 atom stereocenters. The van der Waals surface area contributed by atoms with Crippen LogP contribution in [0.25, 0.3) is 0 Å². The maximum Gasteiger partial charge on any atom is 0.0275 e. The van der Waals surface area contributed by atoms with E-state index in [0.717, 1.165) is 18.4 Å². The molecule has 1 N–H and O–H groups in total. The first-order chi connectivity index (χ1) is 6.81. The van der Waals surface area contributed by atoms with E-state index in [0.29, 0.717) is 6.04 Å². The van der Waals surface area contributed by atoms with Crippen LogP contribution in [0.2, 0.25) is 0 Å². The molecule has 3 unspecified atom stereocenters. The summed E-state index contributed by atoms with van der Waals surface area (Å²) in [5.74, 6) is 1.81. The van der Waals surface area contributed by atoms with Gasteiger partial charge in [-0.05, 0) is 31.2 Å². The monoisotopic (exact) mass is 195 g/mol. The van der Waals surface area contributed by atoms with E-state index < -0.39 is 0 Å². The molecule has 0 aliphatic heterocycles. The van der Waals surface area contributed by atoms with Gasteiger partial charge in [0, 0.05) is 6.04 Å². The van der Waals surface area contributed by atoms with E-state index in [4.69, 9.17) is 0 Å². The maximum atomic E-state index is 3.94. The van der Waals surface area contributed by atoms with Crippen molar-refractivity contribution in [3.63, 3.8) is 0 Å². The molecule has 0 saturated heterocycles. The van der Waals surface area contributed by atoms with Crippen LogP contribution < -0.4 is 5.32 Å². The van der Waals surface area contributed by atoms with Gasteiger partial charge in [-0.15, -0.1) is 6.58 Å². The van der Waals surface area contributed by atoms with Crippen LogP contribution in [0, 0.1) is 11.8 Å². The molecular weight excluding hydrogens is 170 g/mol. The van der Waals surface area contributed by atoms with E-state index >= 15 is 0 Å². The average Bonchev–Trinajstić information content (AvgIpc) is 2.26. The minimum Gasteiger partial charge on any atom is -0.311 e. The highest BCUT2D eigenvalue weighted by Crippen LogP contribution is 2.33. The molecule has 0 aromatic carbocycles. The lowest BCUT2D eigenvalue weighted by Crippen LogP contribution is -2.36. The molecule has 1 rings (SSSR count). The molecule has 0 bridgehead atoms. The highest BCUT2D eigenvalue weighted by Gasteiger charge is 2.25. The highest BCUT2D eigenvalue weighted by molar-refractivity contribution is 4.93. The molecule has 0 radical (unpaired) electrons. The molecule has 1 saturated carbocycles. The van der Waals surface area contributed by atoms with Crippen molar-refractivity contribution in [3.8, 4) is 0 Å². The predicted molar refractivity (Wildman–Crippen MR) is 63.4 cm³/mol. The Kier molecular flexibility index (Phi) is 5.24. The van der Waals surface area contributed by atoms with Gasteiger partial charge in [0.15, 0.2) is 0 Å². The van der Waals surface area contributed by atoms with Crippen LogP contribution in [0.5, 0.6) is 0 Å². The molecule has 0 amide bonds. The summed E-state index contributed by atoms with van der Waals surface area (Å²) in [4.78, 5) is 0. The minimum absolute atomic E-state index is 0.550. The fourth-order valence-electron chi connectivity index (χ4n) is 2.71. The predicted octanol–water partition coefficient (Wildman–Crippen LogP) is 3.37. The third kappa shape index (κ3) is 3.13. The second-order valence-electron chi connectivity index (χ2n) is 4.52. The van der Waals surface area contributed by atoms with Crippen molar-refractivity contribution < 1.29 is 0 Å². The Balaban J connectivity index is 2.44. The fourth-order valence-corrected chi connectivity index (χ4v) is 2.71. The zero-order valence-electron chi connectivity index (χ0n) is 9.76. The number of likely N-dealkylation sites (N-methyl/N-ethyl adjacent to an activating group) is 1. The molecule has 1 aliphatic rings. The molecule has 1 heteroatoms. The van der Waals surface area contributed by atoms with Crippen molar-refractivity contribution in [1.82, 2.24) is 5.32 Å². The second kappa shape index (κ2) is 6.23. The fraction of sp³-hybridized carbons (Fsp3) is 0.846. The van der Waals surface area contributed by atoms with Gasteiger partial charge in [0.05, 0.1) is 0 Å². The Bertz CT molecular complexity index is 165. The summed E-state index contributed by atoms with van der Waals surface area (Å²) >= 11 is 0. The van der Waals surface area contributed by atoms with Crippen LogP contribution in [-0.4, -0.2) is 12.6 Å². The van der Waals surface area contributed by atoms with Crippen molar-refractivity contribution in [3.05, 3.63) is 12.7 Å². The van der Waals surface area contributed by atoms with E-state index in [1.165, 1.54) is 32.1 Å². The second-order valence-corrected chi connectivity index (χ2v) is 4.52. The van der Waals surface area contributed by atoms with E-state index in [1.54, 1.807) is 0 Å². The Morgan fingerprint density at radius 2 is 2.21 bits per heavy atom. The van der Waals surface area contributed by atoms with Gasteiger partial charge in [-0.1, -0.05) is 39.2 Å². The minimum atomic E-state index is 0.550. The Morgan fingerprint density at radius 1 is 1.43 bits per heavy atom. The Labute approximate surface area is 89.0 Å². The van der Waals surface area contributed by atoms with Crippen molar-refractivity contribution in [2.45, 2.75) is 52.0 Å². The van der Waals surface area contributed by atoms with E-state index in [9.17, 15) is 0 Å². The normalized spacial score (nSPS) is 29.9. The average molecular weight is 195 g/mol. The van der Waals surface area contributed by atoms with Crippen molar-refractivity contribution in [2.24, 2.45) is 11.8 Å². The van der Waals surface area contributed by atoms with Crippen molar-refractivity contribution in [2.75, 3.05) is 6.54 Å². The molecule has 14 heavy (non-hydrogen) atoms. The number of hydrogen-bond acceptors (Lipinski definition) is 1. The first-order valence-corrected chi connectivity index (χ1v) is 6.17. The third-order valence-corrected chi connectivity index (χ3v) is 3.60. The lowest BCUT2D eigenvalue weighted by Gasteiger charge is -2.33. The molecule has 0 aromatic heterocycles. The summed E-state index contributed by atoms with van der Waals surface area (Å²) in [6.45, 7) is 9.50. The van der Waals surface area contributed by atoms with Gasteiger partial charge in [-0.3, -0.25) is 0 Å². The van der Waals surface area contributed by atoms with Gasteiger partial charge in [-0.2, -0.15) is 0 Å². The summed E-state index contributed by atoms with van der Waals surface area (Å²) < 4.78 is 0. The molecule has 1 fully saturated rings. The van der Waals surface area contributed by atoms with Gasteiger partial charge in [-0.25, -0.2) is 0 Å². The van der Waals surface area contributed by atoms with Gasteiger partial charge in [0.25, 0.3) is 0 Å². The van der Waals surface area contributed by atoms with Crippen LogP contribution in [0.1, 0.15) is 46.0 Å². The van der Waals surface area contributed by atoms with E-state index in [2.05, 4.69) is 31.8 Å². The molecule has 0 aromatic rings. The smallest absolute Gasteiger partial charge is 0.0275 e. The van der Waals surface area contributed by atoms with Crippen LogP contribution >= 0.6 is 0 Å². The van der Waals surface area contributed by atoms with Gasteiger partial charge < -0.3 is 5.32 Å². The van der Waals surface area contributed by atoms with Gasteiger partial charge in [0.2, 0.25) is 0 Å².